The summed E-state index contributed by atoms with van der Waals surface area (Å²) in [7, 11) is 0. The smallest absolute Gasteiger partial charge is 0.306 e. The summed E-state index contributed by atoms with van der Waals surface area (Å²) in [5, 5.41) is 19.8. The predicted molar refractivity (Wildman–Crippen MR) is 40.0 cm³/mol. The highest BCUT2D eigenvalue weighted by Gasteiger charge is 2.07. The van der Waals surface area contributed by atoms with Crippen LogP contribution in [0.1, 0.15) is 6.42 Å². The Bertz CT molecular complexity index is 162. The van der Waals surface area contributed by atoms with Crippen molar-refractivity contribution >= 4 is 5.97 Å². The molecule has 0 saturated carbocycles. The largest absolute Gasteiger partial charge is 0.481 e. The van der Waals surface area contributed by atoms with Crippen LogP contribution in [-0.4, -0.2) is 35.4 Å². The van der Waals surface area contributed by atoms with Crippen molar-refractivity contribution in [3.05, 3.63) is 0 Å². The number of nitrogens with one attached hydrogen (secondary N) is 1. The first-order chi connectivity index (χ1) is 5.16. The number of carboxylic acid groups (broad SMARTS) is 1. The lowest BCUT2D eigenvalue weighted by atomic mass is 10.2. The molecular weight excluding hydrogens is 146 g/mol. The standard InChI is InChI=1S/C7H11NO3/c1-2-3-8-5-6(9)4-7(10)11/h1,6,8-9H,3-5H2,(H,10,11). The minimum absolute atomic E-state index is 0.219. The van der Waals surface area contributed by atoms with E-state index in [9.17, 15) is 4.79 Å². The molecule has 1 atom stereocenters. The number of hydrogen-bond donors (Lipinski definition) is 3. The van der Waals surface area contributed by atoms with Gasteiger partial charge in [0.2, 0.25) is 0 Å². The number of aliphatic hydroxyl groups excluding tert-OH is 1. The van der Waals surface area contributed by atoms with Crippen LogP contribution in [0.25, 0.3) is 0 Å². The van der Waals surface area contributed by atoms with Crippen LogP contribution in [0.15, 0.2) is 0 Å². The maximum atomic E-state index is 10.0. The van der Waals surface area contributed by atoms with E-state index in [1.54, 1.807) is 0 Å². The number of carboxylic acids is 1. The minimum Gasteiger partial charge on any atom is -0.481 e. The molecule has 0 rings (SSSR count). The molecule has 0 radical (unpaired) electrons. The lowest BCUT2D eigenvalue weighted by Crippen LogP contribution is -2.28. The molecule has 11 heavy (non-hydrogen) atoms. The van der Waals surface area contributed by atoms with Gasteiger partial charge in [0.25, 0.3) is 0 Å². The monoisotopic (exact) mass is 157 g/mol. The quantitative estimate of drug-likeness (QED) is 0.355. The van der Waals surface area contributed by atoms with Crippen LogP contribution in [-0.2, 0) is 4.79 Å². The normalized spacial score (nSPS) is 12.0. The Kier molecular flexibility index (Phi) is 5.17. The van der Waals surface area contributed by atoms with Gasteiger partial charge in [0, 0.05) is 6.54 Å². The SMILES string of the molecule is C#CCNCC(O)CC(=O)O. The van der Waals surface area contributed by atoms with Crippen molar-refractivity contribution in [3.8, 4) is 12.3 Å². The van der Waals surface area contributed by atoms with Gasteiger partial charge in [-0.05, 0) is 0 Å². The zero-order valence-electron chi connectivity index (χ0n) is 6.08. The molecule has 0 aliphatic carbocycles. The highest BCUT2D eigenvalue weighted by atomic mass is 16.4. The molecule has 1 unspecified atom stereocenters. The van der Waals surface area contributed by atoms with Crippen molar-refractivity contribution in [2.24, 2.45) is 0 Å². The molecule has 0 aromatic heterocycles. The van der Waals surface area contributed by atoms with Crippen LogP contribution < -0.4 is 5.32 Å². The Balaban J connectivity index is 3.31. The van der Waals surface area contributed by atoms with E-state index in [0.29, 0.717) is 6.54 Å². The molecule has 0 aromatic carbocycles. The van der Waals surface area contributed by atoms with E-state index in [2.05, 4.69) is 11.2 Å². The average molecular weight is 157 g/mol. The summed E-state index contributed by atoms with van der Waals surface area (Å²) >= 11 is 0. The molecule has 62 valence electrons. The molecule has 0 spiro atoms. The zero-order chi connectivity index (χ0) is 8.69. The van der Waals surface area contributed by atoms with Crippen molar-refractivity contribution < 1.29 is 15.0 Å². The Morgan fingerprint density at radius 1 is 1.73 bits per heavy atom. The van der Waals surface area contributed by atoms with Crippen LogP contribution >= 0.6 is 0 Å². The lowest BCUT2D eigenvalue weighted by molar-refractivity contribution is -0.139. The highest BCUT2D eigenvalue weighted by Crippen LogP contribution is 1.88. The maximum Gasteiger partial charge on any atom is 0.306 e. The zero-order valence-corrected chi connectivity index (χ0v) is 6.08. The molecule has 0 heterocycles. The van der Waals surface area contributed by atoms with Gasteiger partial charge >= 0.3 is 5.97 Å². The summed E-state index contributed by atoms with van der Waals surface area (Å²) < 4.78 is 0. The Morgan fingerprint density at radius 3 is 2.82 bits per heavy atom. The number of aliphatic carboxylic acids is 1. The van der Waals surface area contributed by atoms with Gasteiger partial charge in [-0.1, -0.05) is 5.92 Å². The second-order valence-electron chi connectivity index (χ2n) is 2.09. The summed E-state index contributed by atoms with van der Waals surface area (Å²) in [6, 6.07) is 0. The van der Waals surface area contributed by atoms with Crippen molar-refractivity contribution in [2.45, 2.75) is 12.5 Å². The van der Waals surface area contributed by atoms with E-state index >= 15 is 0 Å². The van der Waals surface area contributed by atoms with E-state index in [-0.39, 0.29) is 13.0 Å². The predicted octanol–water partition coefficient (Wildman–Crippen LogP) is -0.955. The minimum atomic E-state index is -1.01. The molecular formula is C7H11NO3. The number of terminal acetylenes is 1. The van der Waals surface area contributed by atoms with Crippen molar-refractivity contribution in [1.82, 2.24) is 5.32 Å². The first-order valence-corrected chi connectivity index (χ1v) is 3.21. The molecule has 0 bridgehead atoms. The molecule has 3 N–H and O–H groups in total. The molecule has 4 heteroatoms. The van der Waals surface area contributed by atoms with Gasteiger partial charge in [0.1, 0.15) is 0 Å². The summed E-state index contributed by atoms with van der Waals surface area (Å²) in [6.07, 6.45) is 3.79. The third-order valence-corrected chi connectivity index (χ3v) is 1.02. The summed E-state index contributed by atoms with van der Waals surface area (Å²) in [5.74, 6) is 1.29. The number of aliphatic hydroxyl groups is 1. The van der Waals surface area contributed by atoms with Gasteiger partial charge in [-0.3, -0.25) is 4.79 Å². The fourth-order valence-electron chi connectivity index (χ4n) is 0.585. The van der Waals surface area contributed by atoms with Crippen LogP contribution in [0.4, 0.5) is 0 Å². The Hall–Kier alpha value is -1.05. The van der Waals surface area contributed by atoms with Gasteiger partial charge in [-0.2, -0.15) is 0 Å². The van der Waals surface area contributed by atoms with E-state index in [4.69, 9.17) is 16.6 Å². The van der Waals surface area contributed by atoms with E-state index in [1.165, 1.54) is 0 Å². The third-order valence-electron chi connectivity index (χ3n) is 1.02. The molecule has 0 aromatic rings. The van der Waals surface area contributed by atoms with Crippen LogP contribution in [0.5, 0.6) is 0 Å². The molecule has 0 amide bonds. The van der Waals surface area contributed by atoms with Gasteiger partial charge < -0.3 is 15.5 Å². The summed E-state index contributed by atoms with van der Waals surface area (Å²) in [5.41, 5.74) is 0. The molecule has 0 aliphatic heterocycles. The van der Waals surface area contributed by atoms with Gasteiger partial charge in [0.15, 0.2) is 0 Å². The van der Waals surface area contributed by atoms with Crippen molar-refractivity contribution in [3.63, 3.8) is 0 Å². The molecule has 0 fully saturated rings. The summed E-state index contributed by atoms with van der Waals surface area (Å²) in [4.78, 5) is 10.0. The summed E-state index contributed by atoms with van der Waals surface area (Å²) in [6.45, 7) is 0.563. The van der Waals surface area contributed by atoms with Crippen molar-refractivity contribution in [2.75, 3.05) is 13.1 Å². The maximum absolute atomic E-state index is 10.0. The van der Waals surface area contributed by atoms with E-state index in [1.807, 2.05) is 0 Å². The van der Waals surface area contributed by atoms with E-state index < -0.39 is 12.1 Å². The Labute approximate surface area is 65.2 Å². The van der Waals surface area contributed by atoms with Crippen LogP contribution in [0.3, 0.4) is 0 Å². The second-order valence-corrected chi connectivity index (χ2v) is 2.09. The number of carbonyl (C=O) groups is 1. The molecule has 0 saturated heterocycles. The van der Waals surface area contributed by atoms with Gasteiger partial charge in [-0.25, -0.2) is 0 Å². The lowest BCUT2D eigenvalue weighted by Gasteiger charge is -2.06. The van der Waals surface area contributed by atoms with Crippen LogP contribution in [0, 0.1) is 12.3 Å². The third kappa shape index (κ3) is 6.84. The second kappa shape index (κ2) is 5.71. The van der Waals surface area contributed by atoms with E-state index in [0.717, 1.165) is 0 Å². The fourth-order valence-corrected chi connectivity index (χ4v) is 0.585. The van der Waals surface area contributed by atoms with Gasteiger partial charge in [0.05, 0.1) is 19.1 Å². The highest BCUT2D eigenvalue weighted by molar-refractivity contribution is 5.67. The average Bonchev–Trinajstić information content (AvgIpc) is 1.86. The van der Waals surface area contributed by atoms with Gasteiger partial charge in [-0.15, -0.1) is 6.42 Å². The fraction of sp³-hybridized carbons (Fsp3) is 0.571. The first-order valence-electron chi connectivity index (χ1n) is 3.21. The number of hydrogen-bond acceptors (Lipinski definition) is 3. The Morgan fingerprint density at radius 2 is 2.36 bits per heavy atom. The van der Waals surface area contributed by atoms with Crippen LogP contribution in [0.2, 0.25) is 0 Å². The molecule has 4 nitrogen and oxygen atoms in total. The topological polar surface area (TPSA) is 69.6 Å². The van der Waals surface area contributed by atoms with Crippen molar-refractivity contribution in [1.29, 1.82) is 0 Å². The number of rotatable bonds is 5. The molecule has 0 aliphatic rings. The first kappa shape index (κ1) is 9.95.